The molecule has 2 aliphatic rings. The molecule has 104 valence electrons. The Balaban J connectivity index is 1.79. The highest BCUT2D eigenvalue weighted by atomic mass is 15.2. The third kappa shape index (κ3) is 2.85. The van der Waals surface area contributed by atoms with E-state index in [4.69, 9.17) is 0 Å². The SMILES string of the molecule is CCNC1CC(N2CCCCC2)Cc2ccccc21. The summed E-state index contributed by atoms with van der Waals surface area (Å²) >= 11 is 0. The van der Waals surface area contributed by atoms with E-state index >= 15 is 0 Å². The number of nitrogens with zero attached hydrogens (tertiary/aromatic N) is 1. The molecule has 1 N–H and O–H groups in total. The molecule has 1 aromatic rings. The van der Waals surface area contributed by atoms with Crippen molar-refractivity contribution in [2.75, 3.05) is 19.6 Å². The molecule has 1 aromatic carbocycles. The quantitative estimate of drug-likeness (QED) is 0.896. The fourth-order valence-electron chi connectivity index (χ4n) is 3.80. The zero-order valence-electron chi connectivity index (χ0n) is 12.1. The summed E-state index contributed by atoms with van der Waals surface area (Å²) in [6, 6.07) is 10.3. The molecule has 2 nitrogen and oxygen atoms in total. The van der Waals surface area contributed by atoms with Gasteiger partial charge in [-0.25, -0.2) is 0 Å². The number of fused-ring (bicyclic) bond motifs is 1. The van der Waals surface area contributed by atoms with Crippen molar-refractivity contribution in [3.8, 4) is 0 Å². The molecule has 2 unspecified atom stereocenters. The average Bonchev–Trinajstić information content (AvgIpc) is 2.48. The highest BCUT2D eigenvalue weighted by molar-refractivity contribution is 5.33. The predicted molar refractivity (Wildman–Crippen MR) is 80.4 cm³/mol. The first-order valence-corrected chi connectivity index (χ1v) is 7.93. The van der Waals surface area contributed by atoms with Crippen LogP contribution in [-0.4, -0.2) is 30.6 Å². The minimum absolute atomic E-state index is 0.557. The number of piperidine rings is 1. The highest BCUT2D eigenvalue weighted by Crippen LogP contribution is 2.33. The summed E-state index contributed by atoms with van der Waals surface area (Å²) in [5.41, 5.74) is 3.10. The molecule has 3 rings (SSSR count). The van der Waals surface area contributed by atoms with Crippen LogP contribution in [0.15, 0.2) is 24.3 Å². The number of rotatable bonds is 3. The Labute approximate surface area is 117 Å². The van der Waals surface area contributed by atoms with Gasteiger partial charge in [0.15, 0.2) is 0 Å². The first kappa shape index (κ1) is 13.1. The Morgan fingerprint density at radius 3 is 2.74 bits per heavy atom. The second-order valence-corrected chi connectivity index (χ2v) is 6.00. The molecule has 1 saturated heterocycles. The van der Waals surface area contributed by atoms with E-state index in [0.717, 1.165) is 12.6 Å². The Kier molecular flexibility index (Phi) is 4.19. The van der Waals surface area contributed by atoms with Crippen molar-refractivity contribution < 1.29 is 0 Å². The van der Waals surface area contributed by atoms with E-state index in [1.54, 1.807) is 5.56 Å². The zero-order chi connectivity index (χ0) is 13.1. The maximum absolute atomic E-state index is 3.68. The summed E-state index contributed by atoms with van der Waals surface area (Å²) in [6.45, 7) is 5.90. The third-order valence-electron chi connectivity index (χ3n) is 4.75. The Hall–Kier alpha value is -0.860. The summed E-state index contributed by atoms with van der Waals surface area (Å²) in [4.78, 5) is 2.74. The largest absolute Gasteiger partial charge is 0.310 e. The van der Waals surface area contributed by atoms with E-state index in [9.17, 15) is 0 Å². The van der Waals surface area contributed by atoms with Crippen LogP contribution >= 0.6 is 0 Å². The van der Waals surface area contributed by atoms with Gasteiger partial charge < -0.3 is 5.32 Å². The van der Waals surface area contributed by atoms with Crippen LogP contribution in [0.1, 0.15) is 49.8 Å². The lowest BCUT2D eigenvalue weighted by molar-refractivity contribution is 0.138. The highest BCUT2D eigenvalue weighted by Gasteiger charge is 2.30. The van der Waals surface area contributed by atoms with E-state index in [1.165, 1.54) is 50.8 Å². The molecule has 0 bridgehead atoms. The van der Waals surface area contributed by atoms with Crippen LogP contribution in [0.25, 0.3) is 0 Å². The molecule has 2 atom stereocenters. The maximum Gasteiger partial charge on any atom is 0.0337 e. The molecular formula is C17H26N2. The van der Waals surface area contributed by atoms with Crippen LogP contribution in [0.2, 0.25) is 0 Å². The van der Waals surface area contributed by atoms with Crippen molar-refractivity contribution in [1.82, 2.24) is 10.2 Å². The first-order valence-electron chi connectivity index (χ1n) is 7.93. The fraction of sp³-hybridized carbons (Fsp3) is 0.647. The molecule has 1 fully saturated rings. The van der Waals surface area contributed by atoms with Crippen LogP contribution in [-0.2, 0) is 6.42 Å². The van der Waals surface area contributed by atoms with Gasteiger partial charge in [-0.2, -0.15) is 0 Å². The van der Waals surface area contributed by atoms with Crippen molar-refractivity contribution in [3.63, 3.8) is 0 Å². The van der Waals surface area contributed by atoms with E-state index < -0.39 is 0 Å². The van der Waals surface area contributed by atoms with Crippen LogP contribution in [0.4, 0.5) is 0 Å². The van der Waals surface area contributed by atoms with Gasteiger partial charge in [0, 0.05) is 12.1 Å². The van der Waals surface area contributed by atoms with E-state index in [0.29, 0.717) is 6.04 Å². The Bertz CT molecular complexity index is 409. The minimum atomic E-state index is 0.557. The number of benzene rings is 1. The van der Waals surface area contributed by atoms with Crippen molar-refractivity contribution >= 4 is 0 Å². The van der Waals surface area contributed by atoms with E-state index in [2.05, 4.69) is 41.4 Å². The number of likely N-dealkylation sites (tertiary alicyclic amines) is 1. The fourth-order valence-corrected chi connectivity index (χ4v) is 3.80. The second-order valence-electron chi connectivity index (χ2n) is 6.00. The zero-order valence-corrected chi connectivity index (χ0v) is 12.1. The molecule has 0 spiro atoms. The first-order chi connectivity index (χ1) is 9.38. The molecule has 0 amide bonds. The van der Waals surface area contributed by atoms with Gasteiger partial charge in [0.05, 0.1) is 0 Å². The van der Waals surface area contributed by atoms with Crippen LogP contribution in [0.5, 0.6) is 0 Å². The molecule has 0 radical (unpaired) electrons. The normalized spacial score (nSPS) is 28.1. The molecule has 2 heteroatoms. The van der Waals surface area contributed by atoms with Crippen molar-refractivity contribution in [1.29, 1.82) is 0 Å². The van der Waals surface area contributed by atoms with Crippen LogP contribution in [0, 0.1) is 0 Å². The average molecular weight is 258 g/mol. The smallest absolute Gasteiger partial charge is 0.0337 e. The Morgan fingerprint density at radius 2 is 1.95 bits per heavy atom. The predicted octanol–water partition coefficient (Wildman–Crippen LogP) is 3.14. The maximum atomic E-state index is 3.68. The van der Waals surface area contributed by atoms with Gasteiger partial charge in [-0.15, -0.1) is 0 Å². The topological polar surface area (TPSA) is 15.3 Å². The monoisotopic (exact) mass is 258 g/mol. The molecule has 1 aliphatic heterocycles. The van der Waals surface area contributed by atoms with Gasteiger partial charge in [-0.05, 0) is 56.4 Å². The molecule has 1 aliphatic carbocycles. The van der Waals surface area contributed by atoms with Gasteiger partial charge in [0.2, 0.25) is 0 Å². The van der Waals surface area contributed by atoms with Gasteiger partial charge in [0.1, 0.15) is 0 Å². The lowest BCUT2D eigenvalue weighted by atomic mass is 9.83. The molecule has 19 heavy (non-hydrogen) atoms. The molecule has 0 aromatic heterocycles. The number of hydrogen-bond donors (Lipinski definition) is 1. The van der Waals surface area contributed by atoms with Gasteiger partial charge in [-0.3, -0.25) is 4.90 Å². The van der Waals surface area contributed by atoms with Crippen molar-refractivity contribution in [2.24, 2.45) is 0 Å². The van der Waals surface area contributed by atoms with Gasteiger partial charge >= 0.3 is 0 Å². The summed E-state index contributed by atoms with van der Waals surface area (Å²) in [6.07, 6.45) is 6.74. The standard InChI is InChI=1S/C17H26N2/c1-2-18-17-13-15(19-10-6-3-7-11-19)12-14-8-4-5-9-16(14)17/h4-5,8-9,15,17-18H,2-3,6-7,10-13H2,1H3. The number of nitrogens with one attached hydrogen (secondary N) is 1. The summed E-state index contributed by atoms with van der Waals surface area (Å²) < 4.78 is 0. The second kappa shape index (κ2) is 6.06. The third-order valence-corrected chi connectivity index (χ3v) is 4.75. The van der Waals surface area contributed by atoms with Crippen molar-refractivity contribution in [3.05, 3.63) is 35.4 Å². The Morgan fingerprint density at radius 1 is 1.16 bits per heavy atom. The van der Waals surface area contributed by atoms with Crippen LogP contribution in [0.3, 0.4) is 0 Å². The molecule has 1 heterocycles. The minimum Gasteiger partial charge on any atom is -0.310 e. The lowest BCUT2D eigenvalue weighted by Crippen LogP contribution is -2.45. The van der Waals surface area contributed by atoms with Gasteiger partial charge in [0.25, 0.3) is 0 Å². The summed E-state index contributed by atoms with van der Waals surface area (Å²) in [5.74, 6) is 0. The molecular weight excluding hydrogens is 232 g/mol. The van der Waals surface area contributed by atoms with Gasteiger partial charge in [-0.1, -0.05) is 37.6 Å². The molecule has 0 saturated carbocycles. The summed E-state index contributed by atoms with van der Waals surface area (Å²) in [5, 5.41) is 3.68. The van der Waals surface area contributed by atoms with E-state index in [-0.39, 0.29) is 0 Å². The van der Waals surface area contributed by atoms with Crippen molar-refractivity contribution in [2.45, 2.75) is 51.1 Å². The lowest BCUT2D eigenvalue weighted by Gasteiger charge is -2.40. The van der Waals surface area contributed by atoms with Crippen LogP contribution < -0.4 is 5.32 Å². The van der Waals surface area contributed by atoms with E-state index in [1.807, 2.05) is 0 Å². The number of hydrogen-bond acceptors (Lipinski definition) is 2. The summed E-state index contributed by atoms with van der Waals surface area (Å²) in [7, 11) is 0.